The fourth-order valence-corrected chi connectivity index (χ4v) is 5.50. The molecule has 7 rings (SSSR count). The smallest absolute Gasteiger partial charge is 0.252 e. The predicted molar refractivity (Wildman–Crippen MR) is 199 cm³/mol. The van der Waals surface area contributed by atoms with E-state index in [0.717, 1.165) is 54.1 Å². The summed E-state index contributed by atoms with van der Waals surface area (Å²) in [4.78, 5) is 15.4. The third kappa shape index (κ3) is 8.73. The average Bonchev–Trinajstić information content (AvgIpc) is 3.47. The molecule has 0 aliphatic heterocycles. The highest BCUT2D eigenvalue weighted by atomic mass is 79.9. The van der Waals surface area contributed by atoms with Crippen LogP contribution in [0.2, 0.25) is 0 Å². The fourth-order valence-electron chi connectivity index (χ4n) is 4.58. The number of fused-ring (bicyclic) bond motifs is 1. The van der Waals surface area contributed by atoms with Crippen LogP contribution in [0.5, 0.6) is 0 Å². The minimum absolute atomic E-state index is 0.429. The van der Waals surface area contributed by atoms with E-state index < -0.39 is 5.24 Å². The van der Waals surface area contributed by atoms with Gasteiger partial charge in [0, 0.05) is 31.4 Å². The monoisotopic (exact) mass is 750 g/mol. The first kappa shape index (κ1) is 32.7. The second kappa shape index (κ2) is 16.0. The molecule has 0 atom stereocenters. The second-order valence-electron chi connectivity index (χ2n) is 9.97. The number of nitrogens with two attached hydrogens (primary N) is 1. The molecule has 6 aromatic carbocycles. The van der Waals surface area contributed by atoms with Crippen molar-refractivity contribution in [2.45, 2.75) is 0 Å². The molecule has 1 heterocycles. The van der Waals surface area contributed by atoms with Crippen LogP contribution in [-0.4, -0.2) is 14.8 Å². The Labute approximate surface area is 290 Å². The van der Waals surface area contributed by atoms with E-state index in [1.54, 1.807) is 18.2 Å². The Bertz CT molecular complexity index is 2050. The number of carbonyl (C=O) groups is 1. The number of aromatic nitrogens is 2. The van der Waals surface area contributed by atoms with Gasteiger partial charge in [-0.2, -0.15) is 0 Å². The molecule has 5 nitrogen and oxygen atoms in total. The normalized spacial score (nSPS) is 10.2. The van der Waals surface area contributed by atoms with E-state index in [1.165, 1.54) is 0 Å². The van der Waals surface area contributed by atoms with Crippen LogP contribution >= 0.6 is 43.5 Å². The number of para-hydroxylation sites is 6. The molecule has 3 N–H and O–H groups in total. The van der Waals surface area contributed by atoms with Gasteiger partial charge in [0.1, 0.15) is 5.82 Å². The third-order valence-corrected chi connectivity index (χ3v) is 7.93. The number of anilines is 3. The number of nitrogen functional groups attached to an aromatic ring is 1. The minimum Gasteiger partial charge on any atom is -0.397 e. The van der Waals surface area contributed by atoms with Crippen molar-refractivity contribution in [3.8, 4) is 17.1 Å². The lowest BCUT2D eigenvalue weighted by Gasteiger charge is -2.09. The average molecular weight is 753 g/mol. The van der Waals surface area contributed by atoms with Gasteiger partial charge in [-0.25, -0.2) is 4.98 Å². The third-order valence-electron chi connectivity index (χ3n) is 6.72. The van der Waals surface area contributed by atoms with Crippen LogP contribution in [-0.2, 0) is 0 Å². The molecule has 0 aliphatic carbocycles. The van der Waals surface area contributed by atoms with E-state index in [9.17, 15) is 4.79 Å². The quantitative estimate of drug-likeness (QED) is 0.136. The molecule has 0 bridgehead atoms. The van der Waals surface area contributed by atoms with Crippen molar-refractivity contribution < 1.29 is 4.79 Å². The lowest BCUT2D eigenvalue weighted by molar-refractivity contribution is 0.108. The summed E-state index contributed by atoms with van der Waals surface area (Å²) in [6, 6.07) is 51.5. The van der Waals surface area contributed by atoms with E-state index in [0.29, 0.717) is 5.56 Å². The number of imidazole rings is 1. The maximum atomic E-state index is 10.5. The van der Waals surface area contributed by atoms with Gasteiger partial charge in [-0.05, 0) is 84.4 Å². The molecule has 0 amide bonds. The highest BCUT2D eigenvalue weighted by molar-refractivity contribution is 9.10. The Morgan fingerprint density at radius 3 is 1.93 bits per heavy atom. The summed E-state index contributed by atoms with van der Waals surface area (Å²) in [5, 5.41) is 2.82. The van der Waals surface area contributed by atoms with E-state index in [1.807, 2.05) is 91.0 Å². The second-order valence-corrected chi connectivity index (χ2v) is 12.1. The lowest BCUT2D eigenvalue weighted by atomic mass is 10.2. The SMILES string of the molecule is Brc1cccc(-c2nc3ccccc3n2-c2ccccc2)c1.Nc1ccccc1Nc1ccccc1.O=C(Cl)c1cccc(Br)c1. The number of benzene rings is 6. The first-order valence-corrected chi connectivity index (χ1v) is 16.3. The van der Waals surface area contributed by atoms with Crippen LogP contribution in [0.4, 0.5) is 17.1 Å². The molecular formula is C38H29Br2ClN4O. The van der Waals surface area contributed by atoms with Crippen molar-refractivity contribution in [2.24, 2.45) is 0 Å². The molecule has 0 fully saturated rings. The number of carbonyl (C=O) groups excluding carboxylic acids is 1. The van der Waals surface area contributed by atoms with Gasteiger partial charge < -0.3 is 11.1 Å². The maximum absolute atomic E-state index is 10.5. The molecule has 1 aromatic heterocycles. The molecule has 0 spiro atoms. The number of rotatable bonds is 5. The van der Waals surface area contributed by atoms with Crippen molar-refractivity contribution >= 4 is 76.8 Å². The fraction of sp³-hybridized carbons (Fsp3) is 0. The zero-order valence-corrected chi connectivity index (χ0v) is 28.5. The molecule has 7 aromatic rings. The summed E-state index contributed by atoms with van der Waals surface area (Å²) in [5.41, 5.74) is 13.4. The van der Waals surface area contributed by atoms with Gasteiger partial charge in [-0.3, -0.25) is 9.36 Å². The first-order valence-electron chi connectivity index (χ1n) is 14.3. The van der Waals surface area contributed by atoms with Crippen LogP contribution in [0.3, 0.4) is 0 Å². The molecule has 8 heteroatoms. The van der Waals surface area contributed by atoms with Crippen molar-refractivity contribution in [1.82, 2.24) is 9.55 Å². The van der Waals surface area contributed by atoms with Gasteiger partial charge in [-0.15, -0.1) is 0 Å². The Morgan fingerprint density at radius 1 is 0.674 bits per heavy atom. The van der Waals surface area contributed by atoms with E-state index in [-0.39, 0.29) is 0 Å². The summed E-state index contributed by atoms with van der Waals surface area (Å²) in [7, 11) is 0. The first-order chi connectivity index (χ1) is 22.4. The molecule has 0 saturated heterocycles. The van der Waals surface area contributed by atoms with Crippen molar-refractivity contribution in [2.75, 3.05) is 11.1 Å². The molecule has 0 saturated carbocycles. The lowest BCUT2D eigenvalue weighted by Crippen LogP contribution is -1.97. The summed E-state index contributed by atoms with van der Waals surface area (Å²) in [6.45, 7) is 0. The van der Waals surface area contributed by atoms with Gasteiger partial charge in [0.05, 0.1) is 22.4 Å². The molecule has 0 aliphatic rings. The van der Waals surface area contributed by atoms with Gasteiger partial charge in [-0.1, -0.05) is 117 Å². The largest absolute Gasteiger partial charge is 0.397 e. The highest BCUT2D eigenvalue weighted by Gasteiger charge is 2.13. The van der Waals surface area contributed by atoms with Gasteiger partial charge >= 0.3 is 0 Å². The molecular weight excluding hydrogens is 724 g/mol. The van der Waals surface area contributed by atoms with E-state index in [4.69, 9.17) is 22.3 Å². The van der Waals surface area contributed by atoms with Gasteiger partial charge in [0.25, 0.3) is 5.24 Å². The van der Waals surface area contributed by atoms with Gasteiger partial charge in [0.2, 0.25) is 0 Å². The Morgan fingerprint density at radius 2 is 1.28 bits per heavy atom. The van der Waals surface area contributed by atoms with Crippen LogP contribution in [0, 0.1) is 0 Å². The predicted octanol–water partition coefficient (Wildman–Crippen LogP) is 11.3. The zero-order valence-electron chi connectivity index (χ0n) is 24.5. The summed E-state index contributed by atoms with van der Waals surface area (Å²) in [5.74, 6) is 0.953. The number of nitrogens with zero attached hydrogens (tertiary/aromatic N) is 2. The zero-order chi connectivity index (χ0) is 32.3. The topological polar surface area (TPSA) is 72.9 Å². The van der Waals surface area contributed by atoms with Gasteiger partial charge in [0.15, 0.2) is 0 Å². The van der Waals surface area contributed by atoms with Crippen molar-refractivity contribution in [1.29, 1.82) is 0 Å². The van der Waals surface area contributed by atoms with Crippen LogP contribution in [0.1, 0.15) is 10.4 Å². The molecule has 0 radical (unpaired) electrons. The molecule has 228 valence electrons. The summed E-state index contributed by atoms with van der Waals surface area (Å²) < 4.78 is 4.12. The summed E-state index contributed by atoms with van der Waals surface area (Å²) in [6.07, 6.45) is 0. The highest BCUT2D eigenvalue weighted by Crippen LogP contribution is 2.30. The van der Waals surface area contributed by atoms with E-state index >= 15 is 0 Å². The molecule has 0 unspecified atom stereocenters. The maximum Gasteiger partial charge on any atom is 0.252 e. The minimum atomic E-state index is -0.429. The Balaban J connectivity index is 0.000000149. The number of nitrogens with one attached hydrogen (secondary N) is 1. The molecule has 46 heavy (non-hydrogen) atoms. The Kier molecular flexibility index (Phi) is 11.4. The number of hydrogen-bond acceptors (Lipinski definition) is 4. The van der Waals surface area contributed by atoms with Crippen LogP contribution < -0.4 is 11.1 Å². The van der Waals surface area contributed by atoms with Crippen LogP contribution in [0.15, 0.2) is 167 Å². The van der Waals surface area contributed by atoms with Crippen LogP contribution in [0.25, 0.3) is 28.1 Å². The van der Waals surface area contributed by atoms with Crippen molar-refractivity contribution in [3.05, 3.63) is 172 Å². The number of halogens is 3. The summed E-state index contributed by atoms with van der Waals surface area (Å²) >= 11 is 12.0. The number of hydrogen-bond donors (Lipinski definition) is 2. The van der Waals surface area contributed by atoms with E-state index in [2.05, 4.69) is 90.3 Å². The Hall–Kier alpha value is -4.69. The van der Waals surface area contributed by atoms with Crippen molar-refractivity contribution in [3.63, 3.8) is 0 Å². The standard InChI is InChI=1S/C19H13BrN2.C12H12N2.C7H4BrClO/c20-15-8-6-7-14(13-15)19-21-17-11-4-5-12-18(17)22(19)16-9-2-1-3-10-16;13-11-8-4-5-9-12(11)14-10-6-2-1-3-7-10;8-6-3-1-2-5(4-6)7(9)10/h1-13H;1-9,14H,13H2;1-4H.